The maximum atomic E-state index is 14.0. The molecule has 0 aliphatic carbocycles. The van der Waals surface area contributed by atoms with Gasteiger partial charge in [-0.25, -0.2) is 4.39 Å². The van der Waals surface area contributed by atoms with E-state index in [-0.39, 0.29) is 17.0 Å². The molecule has 32 heavy (non-hydrogen) atoms. The number of benzene rings is 2. The first-order valence-corrected chi connectivity index (χ1v) is 11.6. The molecule has 0 radical (unpaired) electrons. The SMILES string of the molecule is CC(Sc1nnc(N2CCOCC2)n1-c1cccc(F)c1)C(=O)N1CCc2ccccc21. The molecule has 1 unspecified atom stereocenters. The fourth-order valence-corrected chi connectivity index (χ4v) is 5.07. The Kier molecular flexibility index (Phi) is 5.84. The smallest absolute Gasteiger partial charge is 0.240 e. The van der Waals surface area contributed by atoms with Gasteiger partial charge >= 0.3 is 0 Å². The van der Waals surface area contributed by atoms with E-state index < -0.39 is 0 Å². The molecule has 3 aromatic rings. The number of amides is 1. The van der Waals surface area contributed by atoms with Gasteiger partial charge in [-0.05, 0) is 43.2 Å². The fourth-order valence-electron chi connectivity index (χ4n) is 4.14. The van der Waals surface area contributed by atoms with Crippen molar-refractivity contribution in [3.05, 3.63) is 59.9 Å². The number of thioether (sulfide) groups is 1. The third-order valence-corrected chi connectivity index (χ3v) is 6.79. The minimum absolute atomic E-state index is 0.0293. The summed E-state index contributed by atoms with van der Waals surface area (Å²) in [7, 11) is 0. The number of halogens is 1. The number of nitrogens with zero attached hydrogens (tertiary/aromatic N) is 5. The molecule has 9 heteroatoms. The average molecular weight is 454 g/mol. The molecular formula is C23H24FN5O2S. The first-order chi connectivity index (χ1) is 15.6. The van der Waals surface area contributed by atoms with E-state index in [0.29, 0.717) is 49.6 Å². The summed E-state index contributed by atoms with van der Waals surface area (Å²) in [5.74, 6) is 0.326. The molecular weight excluding hydrogens is 429 g/mol. The van der Waals surface area contributed by atoms with Crippen LogP contribution >= 0.6 is 11.8 Å². The van der Waals surface area contributed by atoms with Crippen LogP contribution in [0.4, 0.5) is 16.0 Å². The summed E-state index contributed by atoms with van der Waals surface area (Å²) >= 11 is 1.34. The number of morpholine rings is 1. The van der Waals surface area contributed by atoms with Crippen LogP contribution in [-0.2, 0) is 16.0 Å². The van der Waals surface area contributed by atoms with Gasteiger partial charge in [0.25, 0.3) is 0 Å². The number of rotatable bonds is 5. The lowest BCUT2D eigenvalue weighted by molar-refractivity contribution is -0.117. The number of hydrogen-bond donors (Lipinski definition) is 0. The Labute approximate surface area is 190 Å². The van der Waals surface area contributed by atoms with Gasteiger partial charge in [0, 0.05) is 25.3 Å². The highest BCUT2D eigenvalue weighted by molar-refractivity contribution is 8.00. The highest BCUT2D eigenvalue weighted by atomic mass is 32.2. The summed E-state index contributed by atoms with van der Waals surface area (Å²) in [6, 6.07) is 14.4. The molecule has 1 saturated heterocycles. The maximum Gasteiger partial charge on any atom is 0.240 e. The van der Waals surface area contributed by atoms with Crippen LogP contribution in [0.25, 0.3) is 5.69 Å². The third kappa shape index (κ3) is 3.98. The predicted molar refractivity (Wildman–Crippen MR) is 122 cm³/mol. The van der Waals surface area contributed by atoms with Gasteiger partial charge in [-0.15, -0.1) is 10.2 Å². The van der Waals surface area contributed by atoms with E-state index >= 15 is 0 Å². The standard InChI is InChI=1S/C23H24FN5O2S/c1-16(21(30)28-10-9-17-5-2-3-8-20(17)28)32-23-26-25-22(27-11-13-31-14-12-27)29(23)19-7-4-6-18(24)15-19/h2-8,15-16H,9-14H2,1H3. The summed E-state index contributed by atoms with van der Waals surface area (Å²) < 4.78 is 21.3. The molecule has 5 rings (SSSR count). The zero-order valence-electron chi connectivity index (χ0n) is 17.8. The second-order valence-corrected chi connectivity index (χ2v) is 9.13. The first kappa shape index (κ1) is 21.0. The van der Waals surface area contributed by atoms with E-state index in [2.05, 4.69) is 21.2 Å². The molecule has 0 bridgehead atoms. The number of para-hydroxylation sites is 1. The van der Waals surface area contributed by atoms with Gasteiger partial charge in [0.05, 0.1) is 24.2 Å². The van der Waals surface area contributed by atoms with Crippen LogP contribution in [0, 0.1) is 5.82 Å². The maximum absolute atomic E-state index is 14.0. The Bertz CT molecular complexity index is 1130. The van der Waals surface area contributed by atoms with E-state index in [0.717, 1.165) is 12.1 Å². The first-order valence-electron chi connectivity index (χ1n) is 10.7. The molecule has 2 aliphatic rings. The van der Waals surface area contributed by atoms with Gasteiger partial charge in [-0.3, -0.25) is 9.36 Å². The van der Waals surface area contributed by atoms with E-state index in [1.165, 1.54) is 29.5 Å². The van der Waals surface area contributed by atoms with Crippen molar-refractivity contribution >= 4 is 29.3 Å². The average Bonchev–Trinajstić information content (AvgIpc) is 3.43. The van der Waals surface area contributed by atoms with Gasteiger partial charge < -0.3 is 14.5 Å². The summed E-state index contributed by atoms with van der Waals surface area (Å²) in [5, 5.41) is 8.98. The van der Waals surface area contributed by atoms with Crippen LogP contribution in [0.5, 0.6) is 0 Å². The quantitative estimate of drug-likeness (QED) is 0.553. The number of carbonyl (C=O) groups excluding carboxylic acids is 1. The largest absolute Gasteiger partial charge is 0.378 e. The van der Waals surface area contributed by atoms with Crippen molar-refractivity contribution < 1.29 is 13.9 Å². The van der Waals surface area contributed by atoms with Gasteiger partial charge in [0.1, 0.15) is 5.82 Å². The number of anilines is 2. The van der Waals surface area contributed by atoms with Crippen molar-refractivity contribution in [1.29, 1.82) is 0 Å². The second kappa shape index (κ2) is 8.91. The highest BCUT2D eigenvalue weighted by Gasteiger charge is 2.30. The van der Waals surface area contributed by atoms with Crippen LogP contribution in [0.15, 0.2) is 53.7 Å². The summed E-state index contributed by atoms with van der Waals surface area (Å²) in [6.07, 6.45) is 0.861. The highest BCUT2D eigenvalue weighted by Crippen LogP contribution is 2.33. The van der Waals surface area contributed by atoms with Crippen molar-refractivity contribution in [2.24, 2.45) is 0 Å². The second-order valence-electron chi connectivity index (χ2n) is 7.83. The van der Waals surface area contributed by atoms with Crippen LogP contribution < -0.4 is 9.80 Å². The van der Waals surface area contributed by atoms with E-state index in [1.807, 2.05) is 40.7 Å². The Balaban J connectivity index is 1.44. The van der Waals surface area contributed by atoms with Gasteiger partial charge in [0.2, 0.25) is 11.9 Å². The van der Waals surface area contributed by atoms with Crippen molar-refractivity contribution in [2.45, 2.75) is 23.8 Å². The molecule has 1 aromatic heterocycles. The van der Waals surface area contributed by atoms with E-state index in [1.54, 1.807) is 6.07 Å². The number of ether oxygens (including phenoxy) is 1. The van der Waals surface area contributed by atoms with E-state index in [4.69, 9.17) is 4.74 Å². The summed E-state index contributed by atoms with van der Waals surface area (Å²) in [6.45, 7) is 5.11. The number of carbonyl (C=O) groups is 1. The minimum atomic E-state index is -0.379. The molecule has 0 spiro atoms. The van der Waals surface area contributed by atoms with Crippen LogP contribution in [0.2, 0.25) is 0 Å². The van der Waals surface area contributed by atoms with Crippen molar-refractivity contribution in [3.63, 3.8) is 0 Å². The summed E-state index contributed by atoms with van der Waals surface area (Å²) in [4.78, 5) is 17.2. The third-order valence-electron chi connectivity index (χ3n) is 5.76. The topological polar surface area (TPSA) is 63.5 Å². The summed E-state index contributed by atoms with van der Waals surface area (Å²) in [5.41, 5.74) is 2.80. The van der Waals surface area contributed by atoms with Crippen LogP contribution in [-0.4, -0.2) is 58.8 Å². The van der Waals surface area contributed by atoms with Gasteiger partial charge in [-0.1, -0.05) is 36.0 Å². The van der Waals surface area contributed by atoms with Gasteiger partial charge in [-0.2, -0.15) is 0 Å². The molecule has 2 aromatic carbocycles. The molecule has 0 N–H and O–H groups in total. The molecule has 166 valence electrons. The molecule has 1 atom stereocenters. The number of hydrogen-bond acceptors (Lipinski definition) is 6. The van der Waals surface area contributed by atoms with Crippen molar-refractivity contribution in [1.82, 2.24) is 14.8 Å². The van der Waals surface area contributed by atoms with Crippen molar-refractivity contribution in [2.75, 3.05) is 42.6 Å². The fraction of sp³-hybridized carbons (Fsp3) is 0.348. The molecule has 1 amide bonds. The Hall–Kier alpha value is -2.91. The molecule has 0 saturated carbocycles. The Morgan fingerprint density at radius 2 is 1.91 bits per heavy atom. The van der Waals surface area contributed by atoms with Crippen LogP contribution in [0.1, 0.15) is 12.5 Å². The van der Waals surface area contributed by atoms with Crippen LogP contribution in [0.3, 0.4) is 0 Å². The normalized spacial score (nSPS) is 16.8. The van der Waals surface area contributed by atoms with E-state index in [9.17, 15) is 9.18 Å². The lowest BCUT2D eigenvalue weighted by atomic mass is 10.2. The zero-order valence-corrected chi connectivity index (χ0v) is 18.6. The molecule has 3 heterocycles. The number of aromatic nitrogens is 3. The zero-order chi connectivity index (χ0) is 22.1. The minimum Gasteiger partial charge on any atom is -0.378 e. The lowest BCUT2D eigenvalue weighted by Crippen LogP contribution is -2.38. The van der Waals surface area contributed by atoms with Gasteiger partial charge in [0.15, 0.2) is 5.16 Å². The molecule has 7 nitrogen and oxygen atoms in total. The molecule has 1 fully saturated rings. The predicted octanol–water partition coefficient (Wildman–Crippen LogP) is 3.31. The lowest BCUT2D eigenvalue weighted by Gasteiger charge is -2.28. The molecule has 2 aliphatic heterocycles. The monoisotopic (exact) mass is 453 g/mol. The Morgan fingerprint density at radius 1 is 1.09 bits per heavy atom. The Morgan fingerprint density at radius 3 is 2.72 bits per heavy atom. The number of fused-ring (bicyclic) bond motifs is 1. The van der Waals surface area contributed by atoms with Crippen molar-refractivity contribution in [3.8, 4) is 5.69 Å².